The Morgan fingerprint density at radius 2 is 2.00 bits per heavy atom. The lowest BCUT2D eigenvalue weighted by Crippen LogP contribution is -2.52. The van der Waals surface area contributed by atoms with Gasteiger partial charge in [0.2, 0.25) is 0 Å². The van der Waals surface area contributed by atoms with Crippen LogP contribution in [0.1, 0.15) is 24.0 Å². The monoisotopic (exact) mass is 265 g/mol. The van der Waals surface area contributed by atoms with Crippen LogP contribution in [0.3, 0.4) is 0 Å². The number of aliphatic hydroxyl groups excluding tert-OH is 1. The van der Waals surface area contributed by atoms with Gasteiger partial charge in [-0.3, -0.25) is 0 Å². The van der Waals surface area contributed by atoms with Crippen molar-refractivity contribution in [1.82, 2.24) is 0 Å². The van der Waals surface area contributed by atoms with Gasteiger partial charge in [-0.15, -0.1) is 0 Å². The first-order valence-corrected chi connectivity index (χ1v) is 7.22. The van der Waals surface area contributed by atoms with Crippen molar-refractivity contribution in [2.24, 2.45) is 0 Å². The molecule has 2 rings (SSSR count). The average Bonchev–Trinajstić information content (AvgIpc) is 2.23. The van der Waals surface area contributed by atoms with Gasteiger partial charge in [-0.2, -0.15) is 5.26 Å². The molecule has 0 unspecified atom stereocenters. The lowest BCUT2D eigenvalue weighted by Gasteiger charge is -2.38. The lowest BCUT2D eigenvalue weighted by molar-refractivity contribution is 0.0764. The molecule has 5 heteroatoms. The molecule has 1 N–H and O–H groups in total. The van der Waals surface area contributed by atoms with Crippen LogP contribution in [0.25, 0.3) is 0 Å². The van der Waals surface area contributed by atoms with Gasteiger partial charge in [0.25, 0.3) is 0 Å². The fraction of sp³-hybridized carbons (Fsp3) is 0.462. The van der Waals surface area contributed by atoms with Crippen LogP contribution in [0.2, 0.25) is 0 Å². The van der Waals surface area contributed by atoms with E-state index in [0.717, 1.165) is 5.56 Å². The van der Waals surface area contributed by atoms with Gasteiger partial charge in [-0.05, 0) is 25.5 Å². The molecule has 1 saturated carbocycles. The van der Waals surface area contributed by atoms with Gasteiger partial charge in [-0.25, -0.2) is 8.42 Å². The molecule has 0 amide bonds. The summed E-state index contributed by atoms with van der Waals surface area (Å²) in [7, 11) is -3.72. The second kappa shape index (κ2) is 4.08. The maximum Gasteiger partial charge on any atom is 0.197 e. The molecule has 0 aromatic heterocycles. The zero-order valence-electron chi connectivity index (χ0n) is 10.3. The van der Waals surface area contributed by atoms with Crippen LogP contribution < -0.4 is 0 Å². The summed E-state index contributed by atoms with van der Waals surface area (Å²) in [5.41, 5.74) is 1.62. The third-order valence-electron chi connectivity index (χ3n) is 3.47. The van der Waals surface area contributed by atoms with E-state index in [1.54, 1.807) is 25.1 Å². The minimum Gasteiger partial charge on any atom is -0.393 e. The predicted octanol–water partition coefficient (Wildman–Crippen LogP) is 1.49. The van der Waals surface area contributed by atoms with Crippen molar-refractivity contribution in [3.63, 3.8) is 0 Å². The largest absolute Gasteiger partial charge is 0.393 e. The van der Waals surface area contributed by atoms with Crippen molar-refractivity contribution >= 4 is 9.84 Å². The van der Waals surface area contributed by atoms with E-state index in [-0.39, 0.29) is 17.7 Å². The topological polar surface area (TPSA) is 78.2 Å². The molecule has 0 saturated heterocycles. The maximum absolute atomic E-state index is 12.5. The van der Waals surface area contributed by atoms with E-state index in [4.69, 9.17) is 5.26 Å². The molecule has 0 aliphatic heterocycles. The zero-order valence-corrected chi connectivity index (χ0v) is 11.2. The van der Waals surface area contributed by atoms with Crippen LogP contribution in [0.5, 0.6) is 0 Å². The van der Waals surface area contributed by atoms with Gasteiger partial charge in [-0.1, -0.05) is 17.7 Å². The molecule has 0 spiro atoms. The molecule has 1 aliphatic carbocycles. The van der Waals surface area contributed by atoms with Crippen molar-refractivity contribution < 1.29 is 13.5 Å². The minimum atomic E-state index is -3.72. The average molecular weight is 265 g/mol. The van der Waals surface area contributed by atoms with Crippen LogP contribution >= 0.6 is 0 Å². The van der Waals surface area contributed by atoms with Gasteiger partial charge in [0.1, 0.15) is 0 Å². The molecule has 0 radical (unpaired) electrons. The molecule has 1 aromatic carbocycles. The first-order chi connectivity index (χ1) is 8.32. The summed E-state index contributed by atoms with van der Waals surface area (Å²) in [4.78, 5) is 0.196. The number of aliphatic hydroxyl groups is 1. The lowest BCUT2D eigenvalue weighted by atomic mass is 9.82. The fourth-order valence-corrected chi connectivity index (χ4v) is 4.48. The Balaban J connectivity index is 2.53. The van der Waals surface area contributed by atoms with Gasteiger partial charge in [0, 0.05) is 12.8 Å². The van der Waals surface area contributed by atoms with Gasteiger partial charge >= 0.3 is 0 Å². The van der Waals surface area contributed by atoms with Crippen LogP contribution in [-0.2, 0) is 9.84 Å². The quantitative estimate of drug-likeness (QED) is 0.878. The first kappa shape index (κ1) is 13.1. The first-order valence-electron chi connectivity index (χ1n) is 5.74. The third-order valence-corrected chi connectivity index (χ3v) is 5.96. The van der Waals surface area contributed by atoms with Crippen LogP contribution in [0.15, 0.2) is 23.1 Å². The highest BCUT2D eigenvalue weighted by molar-refractivity contribution is 7.93. The van der Waals surface area contributed by atoms with E-state index in [1.165, 1.54) is 0 Å². The van der Waals surface area contributed by atoms with Gasteiger partial charge < -0.3 is 5.11 Å². The van der Waals surface area contributed by atoms with E-state index in [0.29, 0.717) is 5.56 Å². The second-order valence-electron chi connectivity index (χ2n) is 4.94. The maximum atomic E-state index is 12.5. The highest BCUT2D eigenvalue weighted by atomic mass is 32.2. The van der Waals surface area contributed by atoms with Gasteiger partial charge in [0.15, 0.2) is 14.6 Å². The molecule has 1 aromatic rings. The highest BCUT2D eigenvalue weighted by Gasteiger charge is 2.55. The van der Waals surface area contributed by atoms with Gasteiger partial charge in [0.05, 0.1) is 17.1 Å². The summed E-state index contributed by atoms with van der Waals surface area (Å²) in [6.07, 6.45) is -0.691. The van der Waals surface area contributed by atoms with Crippen molar-refractivity contribution in [3.8, 4) is 6.07 Å². The number of aryl methyl sites for hydroxylation is 2. The van der Waals surface area contributed by atoms with E-state index in [9.17, 15) is 13.5 Å². The van der Waals surface area contributed by atoms with E-state index in [1.807, 2.05) is 13.0 Å². The van der Waals surface area contributed by atoms with Crippen molar-refractivity contribution in [2.45, 2.75) is 42.4 Å². The van der Waals surface area contributed by atoms with E-state index < -0.39 is 20.7 Å². The smallest absolute Gasteiger partial charge is 0.197 e. The molecule has 1 aliphatic rings. The summed E-state index contributed by atoms with van der Waals surface area (Å²) in [6, 6.07) is 6.93. The molecule has 0 atom stereocenters. The van der Waals surface area contributed by atoms with Crippen LogP contribution in [0, 0.1) is 25.2 Å². The Hall–Kier alpha value is -1.38. The highest BCUT2D eigenvalue weighted by Crippen LogP contribution is 2.43. The van der Waals surface area contributed by atoms with Crippen molar-refractivity contribution in [1.29, 1.82) is 5.26 Å². The Bertz CT molecular complexity index is 622. The summed E-state index contributed by atoms with van der Waals surface area (Å²) >= 11 is 0. The summed E-state index contributed by atoms with van der Waals surface area (Å²) < 4.78 is 23.6. The number of hydrogen-bond acceptors (Lipinski definition) is 4. The normalized spacial score (nSPS) is 27.3. The molecule has 18 heavy (non-hydrogen) atoms. The Labute approximate surface area is 107 Å². The Morgan fingerprint density at radius 3 is 2.44 bits per heavy atom. The summed E-state index contributed by atoms with van der Waals surface area (Å²) in [5, 5.41) is 18.5. The molecule has 1 fully saturated rings. The van der Waals surface area contributed by atoms with E-state index in [2.05, 4.69) is 0 Å². The standard InChI is InChI=1S/C13H15NO3S/c1-9-3-4-12(10(2)5-9)18(16,17)13(8-14)6-11(15)7-13/h3-5,11,15H,6-7H2,1-2H3. The summed E-state index contributed by atoms with van der Waals surface area (Å²) in [6.45, 7) is 3.61. The zero-order chi connectivity index (χ0) is 13.6. The number of nitriles is 1. The number of rotatable bonds is 2. The second-order valence-corrected chi connectivity index (χ2v) is 7.17. The number of nitrogens with zero attached hydrogens (tertiary/aromatic N) is 1. The van der Waals surface area contributed by atoms with E-state index >= 15 is 0 Å². The fourth-order valence-electron chi connectivity index (χ4n) is 2.38. The van der Waals surface area contributed by atoms with Crippen molar-refractivity contribution in [2.75, 3.05) is 0 Å². The minimum absolute atomic E-state index is 0.000843. The molecule has 0 heterocycles. The Kier molecular flexibility index (Phi) is 2.96. The van der Waals surface area contributed by atoms with Crippen LogP contribution in [0.4, 0.5) is 0 Å². The Morgan fingerprint density at radius 1 is 1.39 bits per heavy atom. The number of hydrogen-bond donors (Lipinski definition) is 1. The number of sulfone groups is 1. The molecular weight excluding hydrogens is 250 g/mol. The molecule has 0 bridgehead atoms. The SMILES string of the molecule is Cc1ccc(S(=O)(=O)C2(C#N)CC(O)C2)c(C)c1. The third kappa shape index (κ3) is 1.73. The van der Waals surface area contributed by atoms with Crippen LogP contribution in [-0.4, -0.2) is 24.4 Å². The predicted molar refractivity (Wildman–Crippen MR) is 66.7 cm³/mol. The molecule has 96 valence electrons. The van der Waals surface area contributed by atoms with Crippen molar-refractivity contribution in [3.05, 3.63) is 29.3 Å². The molecular formula is C13H15NO3S. The summed E-state index contributed by atoms with van der Waals surface area (Å²) in [5.74, 6) is 0. The number of benzene rings is 1. The molecule has 4 nitrogen and oxygen atoms in total.